The average molecular weight is 516 g/mol. The molecule has 0 radical (unpaired) electrons. The van der Waals surface area contributed by atoms with E-state index < -0.39 is 15.6 Å². The highest BCUT2D eigenvalue weighted by atomic mass is 32.2. The van der Waals surface area contributed by atoms with Crippen LogP contribution in [0.3, 0.4) is 0 Å². The number of carbonyl (C=O) groups excluding carboxylic acids is 1. The van der Waals surface area contributed by atoms with E-state index in [1.165, 1.54) is 29.0 Å². The third-order valence-electron chi connectivity index (χ3n) is 8.05. The lowest BCUT2D eigenvalue weighted by atomic mass is 9.88. The second-order valence-electron chi connectivity index (χ2n) is 11.2. The first-order valence-corrected chi connectivity index (χ1v) is 14.6. The second kappa shape index (κ2) is 9.91. The summed E-state index contributed by atoms with van der Waals surface area (Å²) in [5, 5.41) is 4.30. The van der Waals surface area contributed by atoms with E-state index in [0.717, 1.165) is 35.6 Å². The number of amides is 1. The fourth-order valence-corrected chi connectivity index (χ4v) is 6.70. The van der Waals surface area contributed by atoms with Crippen LogP contribution in [-0.4, -0.2) is 62.9 Å². The van der Waals surface area contributed by atoms with Gasteiger partial charge in [0.05, 0.1) is 19.8 Å². The van der Waals surface area contributed by atoms with Gasteiger partial charge in [0.15, 0.2) is 0 Å². The van der Waals surface area contributed by atoms with Crippen LogP contribution in [0.4, 0.5) is 0 Å². The van der Waals surface area contributed by atoms with Gasteiger partial charge in [0, 0.05) is 29.8 Å². The minimum Gasteiger partial charge on any atom is -0.493 e. The number of nitrogens with zero attached hydrogens (tertiary/aromatic N) is 2. The van der Waals surface area contributed by atoms with E-state index in [1.807, 2.05) is 25.1 Å². The van der Waals surface area contributed by atoms with Crippen molar-refractivity contribution in [3.8, 4) is 5.75 Å². The smallest absolute Gasteiger partial charge is 0.253 e. The predicted octanol–water partition coefficient (Wildman–Crippen LogP) is 3.65. The summed E-state index contributed by atoms with van der Waals surface area (Å²) in [5.41, 5.74) is 1.03. The van der Waals surface area contributed by atoms with Crippen molar-refractivity contribution in [2.45, 2.75) is 64.3 Å². The number of hydrogen-bond donors (Lipinski definition) is 1. The normalized spacial score (nSPS) is 24.5. The quantitative estimate of drug-likeness (QED) is 0.598. The van der Waals surface area contributed by atoms with Gasteiger partial charge < -0.3 is 14.8 Å². The van der Waals surface area contributed by atoms with Gasteiger partial charge in [-0.15, -0.1) is 0 Å². The first-order valence-electron chi connectivity index (χ1n) is 13.1. The van der Waals surface area contributed by atoms with Crippen molar-refractivity contribution in [3.05, 3.63) is 34.7 Å². The molecule has 1 N–H and O–H groups in total. The summed E-state index contributed by atoms with van der Waals surface area (Å²) in [6.45, 7) is 6.66. The summed E-state index contributed by atoms with van der Waals surface area (Å²) in [6, 6.07) is 5.68. The molecule has 3 aliphatic heterocycles. The molecule has 3 heterocycles. The third kappa shape index (κ3) is 5.24. The van der Waals surface area contributed by atoms with Gasteiger partial charge in [-0.1, -0.05) is 32.3 Å². The number of piperidine rings is 1. The Bertz CT molecular complexity index is 1160. The zero-order valence-electron chi connectivity index (χ0n) is 21.3. The van der Waals surface area contributed by atoms with E-state index in [9.17, 15) is 13.2 Å². The van der Waals surface area contributed by atoms with E-state index in [4.69, 9.17) is 14.5 Å². The van der Waals surface area contributed by atoms with Crippen molar-refractivity contribution in [2.24, 2.45) is 16.3 Å². The van der Waals surface area contributed by atoms with Gasteiger partial charge in [0.1, 0.15) is 17.1 Å². The lowest BCUT2D eigenvalue weighted by Gasteiger charge is -2.37. The van der Waals surface area contributed by atoms with Gasteiger partial charge in [-0.05, 0) is 61.9 Å². The van der Waals surface area contributed by atoms with Crippen molar-refractivity contribution >= 4 is 27.8 Å². The molecule has 1 aromatic rings. The number of rotatable bonds is 7. The summed E-state index contributed by atoms with van der Waals surface area (Å²) >= 11 is 0. The standard InChI is InChI=1S/C27H37N3O5S/c1-20-16-23(35-19-26(2)17-34-18-26)9-8-21(20)10-15-36(32,33)30-13-11-27(12-14-30)25(31)28-24(29-27)22-6-4-3-5-7-22/h8-10,15-16,22H,3-7,11-14,17-19H2,1-2H3,(H,28,29,31)/b15-10+. The molecule has 2 saturated heterocycles. The van der Waals surface area contributed by atoms with Gasteiger partial charge in [0.25, 0.3) is 5.91 Å². The third-order valence-corrected chi connectivity index (χ3v) is 9.61. The van der Waals surface area contributed by atoms with Gasteiger partial charge in [-0.25, -0.2) is 8.42 Å². The Kier molecular flexibility index (Phi) is 7.00. The Morgan fingerprint density at radius 1 is 1.19 bits per heavy atom. The lowest BCUT2D eigenvalue weighted by Crippen LogP contribution is -2.50. The Morgan fingerprint density at radius 2 is 1.92 bits per heavy atom. The molecule has 9 heteroatoms. The number of aliphatic imine (C=N–C) groups is 1. The fraction of sp³-hybridized carbons (Fsp3) is 0.630. The lowest BCUT2D eigenvalue weighted by molar-refractivity contribution is -0.125. The molecule has 1 aromatic carbocycles. The molecule has 0 bridgehead atoms. The maximum absolute atomic E-state index is 13.1. The average Bonchev–Trinajstić information content (AvgIpc) is 3.17. The monoisotopic (exact) mass is 515 g/mol. The number of sulfonamides is 1. The number of amidine groups is 1. The van der Waals surface area contributed by atoms with Crippen LogP contribution in [0.1, 0.15) is 63.0 Å². The molecule has 5 rings (SSSR count). The largest absolute Gasteiger partial charge is 0.493 e. The second-order valence-corrected chi connectivity index (χ2v) is 13.0. The van der Waals surface area contributed by atoms with Crippen molar-refractivity contribution < 1.29 is 22.7 Å². The van der Waals surface area contributed by atoms with E-state index in [1.54, 1.807) is 6.08 Å². The van der Waals surface area contributed by atoms with Crippen LogP contribution in [-0.2, 0) is 19.6 Å². The van der Waals surface area contributed by atoms with Crippen LogP contribution < -0.4 is 10.1 Å². The zero-order chi connectivity index (χ0) is 25.4. The van der Waals surface area contributed by atoms with Crippen molar-refractivity contribution in [2.75, 3.05) is 32.9 Å². The number of nitrogens with one attached hydrogen (secondary N) is 1. The molecule has 8 nitrogen and oxygen atoms in total. The Balaban J connectivity index is 1.19. The Hall–Kier alpha value is -2.23. The van der Waals surface area contributed by atoms with Crippen LogP contribution in [0.25, 0.3) is 6.08 Å². The molecule has 1 amide bonds. The molecular formula is C27H37N3O5S. The Labute approximate surface area is 214 Å². The SMILES string of the molecule is Cc1cc(OCC2(C)COC2)ccc1/C=C/S(=O)(=O)N1CCC2(CC1)N=C(C1CCCCC1)NC2=O. The molecular weight excluding hydrogens is 478 g/mol. The maximum atomic E-state index is 13.1. The fourth-order valence-electron chi connectivity index (χ4n) is 5.52. The highest BCUT2D eigenvalue weighted by Gasteiger charge is 2.48. The van der Waals surface area contributed by atoms with Crippen LogP contribution in [0.15, 0.2) is 28.6 Å². The first kappa shape index (κ1) is 25.4. The number of ether oxygens (including phenoxy) is 2. The minimum atomic E-state index is -3.60. The molecule has 1 spiro atoms. The van der Waals surface area contributed by atoms with E-state index >= 15 is 0 Å². The van der Waals surface area contributed by atoms with E-state index in [2.05, 4.69) is 12.2 Å². The summed E-state index contributed by atoms with van der Waals surface area (Å²) in [7, 11) is -3.60. The first-order chi connectivity index (χ1) is 17.2. The number of aryl methyl sites for hydroxylation is 1. The highest BCUT2D eigenvalue weighted by Crippen LogP contribution is 2.35. The number of carbonyl (C=O) groups is 1. The molecule has 3 fully saturated rings. The molecule has 0 aromatic heterocycles. The molecule has 36 heavy (non-hydrogen) atoms. The van der Waals surface area contributed by atoms with E-state index in [-0.39, 0.29) is 24.4 Å². The van der Waals surface area contributed by atoms with Crippen molar-refractivity contribution in [1.29, 1.82) is 0 Å². The molecule has 0 unspecified atom stereocenters. The zero-order valence-corrected chi connectivity index (χ0v) is 22.1. The molecule has 4 aliphatic rings. The summed E-state index contributed by atoms with van der Waals surface area (Å²) in [5.74, 6) is 1.87. The summed E-state index contributed by atoms with van der Waals surface area (Å²) in [6.07, 6.45) is 8.21. The summed E-state index contributed by atoms with van der Waals surface area (Å²) < 4.78 is 38.8. The molecule has 196 valence electrons. The Morgan fingerprint density at radius 3 is 2.56 bits per heavy atom. The number of benzene rings is 1. The van der Waals surface area contributed by atoms with Crippen LogP contribution in [0.5, 0.6) is 5.75 Å². The van der Waals surface area contributed by atoms with Gasteiger partial charge in [-0.3, -0.25) is 9.79 Å². The molecule has 0 atom stereocenters. The van der Waals surface area contributed by atoms with Crippen LogP contribution in [0, 0.1) is 18.3 Å². The predicted molar refractivity (Wildman–Crippen MR) is 139 cm³/mol. The topological polar surface area (TPSA) is 97.3 Å². The molecule has 1 saturated carbocycles. The van der Waals surface area contributed by atoms with Crippen LogP contribution in [0.2, 0.25) is 0 Å². The van der Waals surface area contributed by atoms with E-state index in [0.29, 0.717) is 38.6 Å². The van der Waals surface area contributed by atoms with Gasteiger partial charge in [0.2, 0.25) is 10.0 Å². The number of hydrogen-bond acceptors (Lipinski definition) is 6. The van der Waals surface area contributed by atoms with Gasteiger partial charge >= 0.3 is 0 Å². The maximum Gasteiger partial charge on any atom is 0.253 e. The van der Waals surface area contributed by atoms with Gasteiger partial charge in [-0.2, -0.15) is 4.31 Å². The minimum absolute atomic E-state index is 0.0626. The molecule has 1 aliphatic carbocycles. The summed E-state index contributed by atoms with van der Waals surface area (Å²) in [4.78, 5) is 17.7. The van der Waals surface area contributed by atoms with Crippen LogP contribution >= 0.6 is 0 Å². The van der Waals surface area contributed by atoms with Crippen molar-refractivity contribution in [1.82, 2.24) is 9.62 Å². The highest BCUT2D eigenvalue weighted by molar-refractivity contribution is 7.92. The van der Waals surface area contributed by atoms with Crippen molar-refractivity contribution in [3.63, 3.8) is 0 Å².